The second-order valence-electron chi connectivity index (χ2n) is 4.18. The maximum Gasteiger partial charge on any atom is 0.326 e. The summed E-state index contributed by atoms with van der Waals surface area (Å²) in [4.78, 5) is 11.4. The molecule has 7 heteroatoms. The molecule has 106 valence electrons. The fourth-order valence-electron chi connectivity index (χ4n) is 1.42. The molecule has 0 unspecified atom stereocenters. The van der Waals surface area contributed by atoms with Crippen molar-refractivity contribution in [1.82, 2.24) is 4.72 Å². The lowest BCUT2D eigenvalue weighted by molar-refractivity contribution is -0.145. The molecule has 6 nitrogen and oxygen atoms in total. The van der Waals surface area contributed by atoms with Crippen molar-refractivity contribution < 1.29 is 23.1 Å². The van der Waals surface area contributed by atoms with Crippen molar-refractivity contribution in [2.45, 2.75) is 30.9 Å². The summed E-state index contributed by atoms with van der Waals surface area (Å²) in [6.07, 6.45) is -1.20. The number of carbonyl (C=O) groups excluding carboxylic acids is 1. The van der Waals surface area contributed by atoms with Gasteiger partial charge in [0.1, 0.15) is 6.04 Å². The van der Waals surface area contributed by atoms with Crippen LogP contribution in [0.1, 0.15) is 12.5 Å². The first-order valence-corrected chi connectivity index (χ1v) is 7.11. The molecule has 0 saturated carbocycles. The number of rotatable bonds is 5. The van der Waals surface area contributed by atoms with Gasteiger partial charge in [0.15, 0.2) is 0 Å². The van der Waals surface area contributed by atoms with Crippen LogP contribution in [-0.4, -0.2) is 38.7 Å². The van der Waals surface area contributed by atoms with E-state index in [1.54, 1.807) is 12.1 Å². The average molecular weight is 287 g/mol. The zero-order valence-electron chi connectivity index (χ0n) is 11.0. The van der Waals surface area contributed by atoms with Gasteiger partial charge in [-0.05, 0) is 26.0 Å². The summed E-state index contributed by atoms with van der Waals surface area (Å²) in [5.74, 6) is -0.842. The Hall–Kier alpha value is -1.44. The molecule has 0 fully saturated rings. The highest BCUT2D eigenvalue weighted by molar-refractivity contribution is 7.89. The summed E-state index contributed by atoms with van der Waals surface area (Å²) in [5.41, 5.74) is 0.916. The molecule has 2 N–H and O–H groups in total. The highest BCUT2D eigenvalue weighted by atomic mass is 32.2. The van der Waals surface area contributed by atoms with Crippen molar-refractivity contribution in [3.8, 4) is 0 Å². The fraction of sp³-hybridized carbons (Fsp3) is 0.417. The molecule has 0 radical (unpaired) electrons. The molecule has 0 saturated heterocycles. The number of hydrogen-bond acceptors (Lipinski definition) is 5. The third-order valence-electron chi connectivity index (χ3n) is 2.55. The topological polar surface area (TPSA) is 92.7 Å². The van der Waals surface area contributed by atoms with Crippen LogP contribution in [0.5, 0.6) is 0 Å². The quantitative estimate of drug-likeness (QED) is 0.754. The summed E-state index contributed by atoms with van der Waals surface area (Å²) >= 11 is 0. The van der Waals surface area contributed by atoms with E-state index in [1.807, 2.05) is 6.92 Å². The summed E-state index contributed by atoms with van der Waals surface area (Å²) in [6.45, 7) is 3.14. The van der Waals surface area contributed by atoms with E-state index >= 15 is 0 Å². The zero-order valence-corrected chi connectivity index (χ0v) is 11.8. The minimum atomic E-state index is -3.89. The molecule has 1 aromatic rings. The monoisotopic (exact) mass is 287 g/mol. The van der Waals surface area contributed by atoms with Crippen LogP contribution < -0.4 is 4.72 Å². The van der Waals surface area contributed by atoms with Crippen molar-refractivity contribution in [2.24, 2.45) is 0 Å². The van der Waals surface area contributed by atoms with Crippen LogP contribution in [0.25, 0.3) is 0 Å². The van der Waals surface area contributed by atoms with Crippen LogP contribution in [0.15, 0.2) is 29.2 Å². The Morgan fingerprint density at radius 3 is 2.26 bits per heavy atom. The number of nitrogens with one attached hydrogen (secondary N) is 1. The molecule has 1 aromatic carbocycles. The van der Waals surface area contributed by atoms with E-state index in [-0.39, 0.29) is 4.90 Å². The summed E-state index contributed by atoms with van der Waals surface area (Å²) in [6, 6.07) is 4.80. The van der Waals surface area contributed by atoms with Crippen LogP contribution in [0.4, 0.5) is 0 Å². The molecular formula is C12H17NO5S. The van der Waals surface area contributed by atoms with Gasteiger partial charge in [-0.15, -0.1) is 0 Å². The molecule has 0 aromatic heterocycles. The molecule has 0 spiro atoms. The second-order valence-corrected chi connectivity index (χ2v) is 5.89. The summed E-state index contributed by atoms with van der Waals surface area (Å²) < 4.78 is 30.7. The molecule has 0 aliphatic rings. The van der Waals surface area contributed by atoms with Gasteiger partial charge >= 0.3 is 5.97 Å². The third-order valence-corrected chi connectivity index (χ3v) is 4.01. The van der Waals surface area contributed by atoms with Gasteiger partial charge in [0.2, 0.25) is 10.0 Å². The van der Waals surface area contributed by atoms with Crippen LogP contribution in [0, 0.1) is 6.92 Å². The van der Waals surface area contributed by atoms with Gasteiger partial charge < -0.3 is 9.84 Å². The predicted molar refractivity (Wildman–Crippen MR) is 69.0 cm³/mol. The fourth-order valence-corrected chi connectivity index (χ4v) is 2.68. The number of benzene rings is 1. The van der Waals surface area contributed by atoms with Crippen LogP contribution >= 0.6 is 0 Å². The maximum atomic E-state index is 12.0. The summed E-state index contributed by atoms with van der Waals surface area (Å²) in [5, 5.41) is 9.44. The number of aryl methyl sites for hydroxylation is 1. The number of esters is 1. The van der Waals surface area contributed by atoms with E-state index in [1.165, 1.54) is 19.1 Å². The second kappa shape index (κ2) is 6.14. The largest absolute Gasteiger partial charge is 0.468 e. The minimum Gasteiger partial charge on any atom is -0.468 e. The first-order valence-electron chi connectivity index (χ1n) is 5.63. The Balaban J connectivity index is 3.00. The zero-order chi connectivity index (χ0) is 14.6. The first kappa shape index (κ1) is 15.6. The standard InChI is InChI=1S/C12H17NO5S/c1-8-4-6-10(7-5-8)19(16,17)13-11(9(2)14)12(15)18-3/h4-7,9,11,13-14H,1-3H3/t9-,11-/m0/s1. The third kappa shape index (κ3) is 4.02. The van der Waals surface area contributed by atoms with Crippen LogP contribution in [0.2, 0.25) is 0 Å². The lowest BCUT2D eigenvalue weighted by Gasteiger charge is -2.18. The SMILES string of the molecule is COC(=O)[C@@H](NS(=O)(=O)c1ccc(C)cc1)[C@H](C)O. The van der Waals surface area contributed by atoms with Crippen LogP contribution in [-0.2, 0) is 19.6 Å². The Labute approximate surface area is 112 Å². The van der Waals surface area contributed by atoms with E-state index in [0.29, 0.717) is 0 Å². The van der Waals surface area contributed by atoms with Crippen LogP contribution in [0.3, 0.4) is 0 Å². The highest BCUT2D eigenvalue weighted by Gasteiger charge is 2.30. The first-order chi connectivity index (χ1) is 8.77. The van der Waals surface area contributed by atoms with Gasteiger partial charge in [-0.25, -0.2) is 8.42 Å². The van der Waals surface area contributed by atoms with E-state index < -0.39 is 28.1 Å². The molecule has 2 atom stereocenters. The van der Waals surface area contributed by atoms with Crippen molar-refractivity contribution in [1.29, 1.82) is 0 Å². The van der Waals surface area contributed by atoms with Crippen molar-refractivity contribution in [3.63, 3.8) is 0 Å². The molecule has 19 heavy (non-hydrogen) atoms. The van der Waals surface area contributed by atoms with E-state index in [4.69, 9.17) is 0 Å². The Morgan fingerprint density at radius 2 is 1.84 bits per heavy atom. The van der Waals surface area contributed by atoms with Gasteiger partial charge in [0, 0.05) is 0 Å². The lowest BCUT2D eigenvalue weighted by Crippen LogP contribution is -2.48. The molecule has 0 bridgehead atoms. The lowest BCUT2D eigenvalue weighted by atomic mass is 10.2. The van der Waals surface area contributed by atoms with Crippen molar-refractivity contribution in [2.75, 3.05) is 7.11 Å². The Bertz CT molecular complexity index is 536. The number of ether oxygens (including phenoxy) is 1. The van der Waals surface area contributed by atoms with Gasteiger partial charge in [-0.3, -0.25) is 4.79 Å². The van der Waals surface area contributed by atoms with Gasteiger partial charge in [0.05, 0.1) is 18.1 Å². The molecule has 0 heterocycles. The highest BCUT2D eigenvalue weighted by Crippen LogP contribution is 2.11. The van der Waals surface area contributed by atoms with E-state index in [0.717, 1.165) is 12.7 Å². The maximum absolute atomic E-state index is 12.0. The minimum absolute atomic E-state index is 0.0210. The van der Waals surface area contributed by atoms with Gasteiger partial charge in [-0.1, -0.05) is 17.7 Å². The van der Waals surface area contributed by atoms with Gasteiger partial charge in [0.25, 0.3) is 0 Å². The number of aliphatic hydroxyl groups excluding tert-OH is 1. The number of methoxy groups -OCH3 is 1. The molecular weight excluding hydrogens is 270 g/mol. The molecule has 0 amide bonds. The Kier molecular flexibility index (Phi) is 5.04. The number of aliphatic hydroxyl groups is 1. The van der Waals surface area contributed by atoms with Gasteiger partial charge in [-0.2, -0.15) is 4.72 Å². The summed E-state index contributed by atoms with van der Waals surface area (Å²) in [7, 11) is -2.76. The van der Waals surface area contributed by atoms with Crippen molar-refractivity contribution in [3.05, 3.63) is 29.8 Å². The molecule has 0 aliphatic carbocycles. The normalized spacial score (nSPS) is 14.7. The number of carbonyl (C=O) groups is 1. The van der Waals surface area contributed by atoms with E-state index in [9.17, 15) is 18.3 Å². The number of hydrogen-bond donors (Lipinski definition) is 2. The predicted octanol–water partition coefficient (Wildman–Crippen LogP) is 0.196. The Morgan fingerprint density at radius 1 is 1.32 bits per heavy atom. The smallest absolute Gasteiger partial charge is 0.326 e. The van der Waals surface area contributed by atoms with E-state index in [2.05, 4.69) is 9.46 Å². The van der Waals surface area contributed by atoms with Crippen molar-refractivity contribution >= 4 is 16.0 Å². The molecule has 1 rings (SSSR count). The number of sulfonamides is 1. The molecule has 0 aliphatic heterocycles. The average Bonchev–Trinajstić information content (AvgIpc) is 2.35.